The van der Waals surface area contributed by atoms with Gasteiger partial charge in [0.2, 0.25) is 0 Å². The van der Waals surface area contributed by atoms with Gasteiger partial charge in [-0.05, 0) is 48.9 Å². The van der Waals surface area contributed by atoms with Crippen LogP contribution in [0.15, 0.2) is 71.5 Å². The molecule has 2 N–H and O–H groups in total. The molecular formula is C18H17BrN4O. The van der Waals surface area contributed by atoms with Gasteiger partial charge in [-0.1, -0.05) is 34.1 Å². The minimum atomic E-state index is -0.245. The second kappa shape index (κ2) is 7.31. The first-order valence-electron chi connectivity index (χ1n) is 7.55. The predicted molar refractivity (Wildman–Crippen MR) is 98.3 cm³/mol. The maximum Gasteiger partial charge on any atom is 0.319 e. The number of benzene rings is 2. The van der Waals surface area contributed by atoms with Crippen LogP contribution in [0.4, 0.5) is 10.5 Å². The number of nitrogens with one attached hydrogen (secondary N) is 2. The number of hydrogen-bond acceptors (Lipinski definition) is 2. The first-order valence-corrected chi connectivity index (χ1v) is 8.35. The van der Waals surface area contributed by atoms with E-state index in [0.29, 0.717) is 0 Å². The summed E-state index contributed by atoms with van der Waals surface area (Å²) in [5.74, 6) is 0. The zero-order valence-corrected chi connectivity index (χ0v) is 14.7. The van der Waals surface area contributed by atoms with Gasteiger partial charge >= 0.3 is 6.03 Å². The molecule has 3 aromatic rings. The summed E-state index contributed by atoms with van der Waals surface area (Å²) in [5, 5.41) is 9.94. The Morgan fingerprint density at radius 3 is 2.54 bits per heavy atom. The second-order valence-corrected chi connectivity index (χ2v) is 6.19. The first-order chi connectivity index (χ1) is 11.6. The number of rotatable bonds is 4. The van der Waals surface area contributed by atoms with Gasteiger partial charge in [-0.3, -0.25) is 0 Å². The predicted octanol–water partition coefficient (Wildman–Crippen LogP) is 4.52. The van der Waals surface area contributed by atoms with Gasteiger partial charge in [0.15, 0.2) is 0 Å². The van der Waals surface area contributed by atoms with E-state index < -0.39 is 0 Å². The zero-order chi connectivity index (χ0) is 16.9. The van der Waals surface area contributed by atoms with Crippen LogP contribution in [-0.4, -0.2) is 15.8 Å². The molecule has 3 rings (SSSR count). The van der Waals surface area contributed by atoms with Gasteiger partial charge in [0.1, 0.15) is 0 Å². The molecule has 6 heteroatoms. The number of carbonyl (C=O) groups is 1. The quantitative estimate of drug-likeness (QED) is 0.694. The number of hydrogen-bond donors (Lipinski definition) is 2. The molecule has 0 saturated carbocycles. The average Bonchev–Trinajstić information content (AvgIpc) is 3.10. The van der Waals surface area contributed by atoms with E-state index in [9.17, 15) is 4.79 Å². The van der Waals surface area contributed by atoms with Crippen LogP contribution < -0.4 is 10.6 Å². The fraction of sp³-hybridized carbons (Fsp3) is 0.111. The minimum absolute atomic E-state index is 0.107. The van der Waals surface area contributed by atoms with Gasteiger partial charge in [0.25, 0.3) is 0 Å². The number of aromatic nitrogens is 2. The molecule has 0 aliphatic heterocycles. The molecule has 2 amide bonds. The molecule has 5 nitrogen and oxygen atoms in total. The van der Waals surface area contributed by atoms with Crippen LogP contribution >= 0.6 is 15.9 Å². The molecule has 2 aromatic carbocycles. The van der Waals surface area contributed by atoms with Crippen molar-refractivity contribution in [2.24, 2.45) is 0 Å². The van der Waals surface area contributed by atoms with Gasteiger partial charge in [0, 0.05) is 22.6 Å². The number of carbonyl (C=O) groups excluding carboxylic acids is 1. The number of amides is 2. The molecular weight excluding hydrogens is 368 g/mol. The first kappa shape index (κ1) is 16.3. The molecule has 0 fully saturated rings. The third-order valence-electron chi connectivity index (χ3n) is 3.61. The lowest BCUT2D eigenvalue weighted by atomic mass is 10.1. The summed E-state index contributed by atoms with van der Waals surface area (Å²) in [6.07, 6.45) is 3.59. The van der Waals surface area contributed by atoms with E-state index in [1.165, 1.54) is 0 Å². The lowest BCUT2D eigenvalue weighted by molar-refractivity contribution is 0.249. The molecule has 0 spiro atoms. The summed E-state index contributed by atoms with van der Waals surface area (Å²) >= 11 is 3.50. The van der Waals surface area contributed by atoms with Crippen LogP contribution in [0.3, 0.4) is 0 Å². The minimum Gasteiger partial charge on any atom is -0.331 e. The molecule has 122 valence electrons. The molecule has 1 unspecified atom stereocenters. The Labute approximate surface area is 148 Å². The molecule has 0 aliphatic carbocycles. The third kappa shape index (κ3) is 3.83. The highest BCUT2D eigenvalue weighted by molar-refractivity contribution is 9.10. The Hall–Kier alpha value is -2.60. The SMILES string of the molecule is CC(NC(=O)Nc1ccc(-n2cccn2)cc1)c1ccccc1Br. The molecule has 0 aliphatic rings. The van der Waals surface area contributed by atoms with E-state index in [1.54, 1.807) is 10.9 Å². The summed E-state index contributed by atoms with van der Waals surface area (Å²) in [5.41, 5.74) is 2.69. The number of anilines is 1. The maximum atomic E-state index is 12.2. The second-order valence-electron chi connectivity index (χ2n) is 5.34. The lowest BCUT2D eigenvalue weighted by Crippen LogP contribution is -2.31. The highest BCUT2D eigenvalue weighted by Crippen LogP contribution is 2.22. The fourth-order valence-corrected chi connectivity index (χ4v) is 3.02. The van der Waals surface area contributed by atoms with Crippen LogP contribution in [0.2, 0.25) is 0 Å². The van der Waals surface area contributed by atoms with Crippen molar-refractivity contribution in [3.63, 3.8) is 0 Å². The van der Waals surface area contributed by atoms with Crippen LogP contribution in [-0.2, 0) is 0 Å². The highest BCUT2D eigenvalue weighted by Gasteiger charge is 2.12. The summed E-state index contributed by atoms with van der Waals surface area (Å²) in [6, 6.07) is 16.8. The summed E-state index contributed by atoms with van der Waals surface area (Å²) in [6.45, 7) is 1.94. The van der Waals surface area contributed by atoms with Crippen molar-refractivity contribution in [3.05, 3.63) is 77.0 Å². The molecule has 0 bridgehead atoms. The van der Waals surface area contributed by atoms with E-state index in [4.69, 9.17) is 0 Å². The largest absolute Gasteiger partial charge is 0.331 e. The molecule has 24 heavy (non-hydrogen) atoms. The van der Waals surface area contributed by atoms with Crippen molar-refractivity contribution >= 4 is 27.6 Å². The number of urea groups is 1. The normalized spacial score (nSPS) is 11.8. The van der Waals surface area contributed by atoms with Crippen LogP contribution in [0.1, 0.15) is 18.5 Å². The molecule has 1 atom stereocenters. The molecule has 0 radical (unpaired) electrons. The Kier molecular flexibility index (Phi) is 4.96. The van der Waals surface area contributed by atoms with Gasteiger partial charge in [0.05, 0.1) is 11.7 Å². The summed E-state index contributed by atoms with van der Waals surface area (Å²) in [7, 11) is 0. The van der Waals surface area contributed by atoms with Crippen LogP contribution in [0, 0.1) is 0 Å². The third-order valence-corrected chi connectivity index (χ3v) is 4.34. The maximum absolute atomic E-state index is 12.2. The van der Waals surface area contributed by atoms with E-state index in [-0.39, 0.29) is 12.1 Å². The smallest absolute Gasteiger partial charge is 0.319 e. The summed E-state index contributed by atoms with van der Waals surface area (Å²) in [4.78, 5) is 12.2. The van der Waals surface area contributed by atoms with Crippen molar-refractivity contribution in [1.29, 1.82) is 0 Å². The van der Waals surface area contributed by atoms with E-state index >= 15 is 0 Å². The monoisotopic (exact) mass is 384 g/mol. The molecule has 1 heterocycles. The van der Waals surface area contributed by atoms with Gasteiger partial charge < -0.3 is 10.6 Å². The zero-order valence-electron chi connectivity index (χ0n) is 13.1. The fourth-order valence-electron chi connectivity index (χ4n) is 2.39. The Morgan fingerprint density at radius 1 is 1.12 bits per heavy atom. The standard InChI is InChI=1S/C18H17BrN4O/c1-13(16-5-2-3-6-17(16)19)21-18(24)22-14-7-9-15(10-8-14)23-12-4-11-20-23/h2-13H,1H3,(H2,21,22,24). The number of nitrogens with zero attached hydrogens (tertiary/aromatic N) is 2. The van der Waals surface area contributed by atoms with Gasteiger partial charge in [-0.2, -0.15) is 5.10 Å². The topological polar surface area (TPSA) is 59.0 Å². The van der Waals surface area contributed by atoms with E-state index in [2.05, 4.69) is 31.7 Å². The van der Waals surface area contributed by atoms with Crippen LogP contribution in [0.5, 0.6) is 0 Å². The Morgan fingerprint density at radius 2 is 1.88 bits per heavy atom. The van der Waals surface area contributed by atoms with Crippen molar-refractivity contribution < 1.29 is 4.79 Å². The van der Waals surface area contributed by atoms with Gasteiger partial charge in [-0.25, -0.2) is 9.48 Å². The molecule has 0 saturated heterocycles. The van der Waals surface area contributed by atoms with Crippen LogP contribution in [0.25, 0.3) is 5.69 Å². The lowest BCUT2D eigenvalue weighted by Gasteiger charge is -2.16. The van der Waals surface area contributed by atoms with Crippen molar-refractivity contribution in [2.45, 2.75) is 13.0 Å². The average molecular weight is 385 g/mol. The number of halogens is 1. The highest BCUT2D eigenvalue weighted by atomic mass is 79.9. The van der Waals surface area contributed by atoms with E-state index in [1.807, 2.05) is 67.7 Å². The van der Waals surface area contributed by atoms with E-state index in [0.717, 1.165) is 21.4 Å². The van der Waals surface area contributed by atoms with Gasteiger partial charge in [-0.15, -0.1) is 0 Å². The summed E-state index contributed by atoms with van der Waals surface area (Å²) < 4.78 is 2.74. The molecule has 1 aromatic heterocycles. The Balaban J connectivity index is 1.62. The Bertz CT molecular complexity index is 815. The van der Waals surface area contributed by atoms with Crippen molar-refractivity contribution in [3.8, 4) is 5.69 Å². The van der Waals surface area contributed by atoms with Crippen molar-refractivity contribution in [1.82, 2.24) is 15.1 Å². The van der Waals surface area contributed by atoms with Crippen molar-refractivity contribution in [2.75, 3.05) is 5.32 Å².